The fourth-order valence-corrected chi connectivity index (χ4v) is 4.43. The number of nitrogens with one attached hydrogen (secondary N) is 2. The second kappa shape index (κ2) is 10.6. The Labute approximate surface area is 209 Å². The van der Waals surface area contributed by atoms with Crippen molar-refractivity contribution in [2.75, 3.05) is 10.6 Å². The van der Waals surface area contributed by atoms with Crippen LogP contribution in [0.5, 0.6) is 11.5 Å². The molecule has 0 unspecified atom stereocenters. The quantitative estimate of drug-likeness (QED) is 0.189. The first-order chi connectivity index (χ1) is 17.3. The molecule has 0 aliphatic carbocycles. The summed E-state index contributed by atoms with van der Waals surface area (Å²) in [5, 5.41) is 36.1. The summed E-state index contributed by atoms with van der Waals surface area (Å²) in [6.07, 6.45) is 0. The number of non-ortho nitro benzene ring substituents is 1. The first-order valence-corrected chi connectivity index (χ1v) is 11.4. The number of amides is 2. The van der Waals surface area contributed by atoms with Gasteiger partial charge < -0.3 is 20.8 Å². The number of anilines is 2. The summed E-state index contributed by atoms with van der Waals surface area (Å²) in [5.41, 5.74) is 0.948. The van der Waals surface area contributed by atoms with Gasteiger partial charge in [0.25, 0.3) is 17.5 Å². The number of phenols is 2. The predicted molar refractivity (Wildman–Crippen MR) is 136 cm³/mol. The van der Waals surface area contributed by atoms with Crippen molar-refractivity contribution in [2.24, 2.45) is 0 Å². The van der Waals surface area contributed by atoms with Crippen molar-refractivity contribution >= 4 is 40.6 Å². The summed E-state index contributed by atoms with van der Waals surface area (Å²) < 4.78 is 0. The maximum atomic E-state index is 13.0. The van der Waals surface area contributed by atoms with Gasteiger partial charge in [-0.1, -0.05) is 36.0 Å². The molecule has 10 heteroatoms. The van der Waals surface area contributed by atoms with Crippen LogP contribution >= 0.6 is 11.8 Å². The van der Waals surface area contributed by atoms with E-state index >= 15 is 0 Å². The van der Waals surface area contributed by atoms with E-state index in [1.54, 1.807) is 48.5 Å². The molecule has 0 radical (unpaired) electrons. The highest BCUT2D eigenvalue weighted by Crippen LogP contribution is 2.36. The summed E-state index contributed by atoms with van der Waals surface area (Å²) in [6, 6.07) is 22.5. The highest BCUT2D eigenvalue weighted by atomic mass is 32.2. The van der Waals surface area contributed by atoms with Gasteiger partial charge in [0.2, 0.25) is 0 Å². The highest BCUT2D eigenvalue weighted by Gasteiger charge is 2.20. The van der Waals surface area contributed by atoms with Crippen molar-refractivity contribution in [3.63, 3.8) is 0 Å². The van der Waals surface area contributed by atoms with Crippen LogP contribution < -0.4 is 10.6 Å². The number of aromatic hydroxyl groups is 2. The number of nitrogens with zero attached hydrogens (tertiary/aromatic N) is 1. The topological polar surface area (TPSA) is 142 Å². The molecule has 9 nitrogen and oxygen atoms in total. The van der Waals surface area contributed by atoms with E-state index in [-0.39, 0.29) is 33.2 Å². The van der Waals surface area contributed by atoms with Crippen LogP contribution in [-0.4, -0.2) is 27.0 Å². The monoisotopic (exact) mass is 501 g/mol. The van der Waals surface area contributed by atoms with E-state index in [4.69, 9.17) is 0 Å². The first kappa shape index (κ1) is 24.3. The van der Waals surface area contributed by atoms with E-state index in [0.29, 0.717) is 16.3 Å². The molecule has 0 atom stereocenters. The lowest BCUT2D eigenvalue weighted by atomic mass is 10.2. The third-order valence-corrected chi connectivity index (χ3v) is 6.11. The molecular weight excluding hydrogens is 482 g/mol. The molecule has 4 N–H and O–H groups in total. The molecule has 4 aromatic rings. The van der Waals surface area contributed by atoms with Crippen molar-refractivity contribution in [3.05, 3.63) is 112 Å². The van der Waals surface area contributed by atoms with Gasteiger partial charge in [0, 0.05) is 45.4 Å². The van der Waals surface area contributed by atoms with Gasteiger partial charge in [-0.15, -0.1) is 0 Å². The number of nitro benzene ring substituents is 1. The first-order valence-electron chi connectivity index (χ1n) is 10.6. The Hall–Kier alpha value is -4.83. The molecule has 0 saturated carbocycles. The van der Waals surface area contributed by atoms with Crippen LogP contribution in [0.3, 0.4) is 0 Å². The average molecular weight is 502 g/mol. The zero-order valence-corrected chi connectivity index (χ0v) is 19.4. The van der Waals surface area contributed by atoms with E-state index in [1.165, 1.54) is 42.5 Å². The number of carbonyl (C=O) groups excluding carboxylic acids is 2. The van der Waals surface area contributed by atoms with E-state index < -0.39 is 16.7 Å². The summed E-state index contributed by atoms with van der Waals surface area (Å²) in [5.74, 6) is -1.04. The summed E-state index contributed by atoms with van der Waals surface area (Å²) in [4.78, 5) is 37.6. The number of rotatable bonds is 7. The summed E-state index contributed by atoms with van der Waals surface area (Å²) in [7, 11) is 0. The SMILES string of the molecule is O=C(Nc1cccc(O)c1)c1ccccc1Sc1cc([N+](=O)[O-])ccc1C(=O)Nc1cccc(O)c1. The fourth-order valence-electron chi connectivity index (χ4n) is 3.32. The van der Waals surface area contributed by atoms with Gasteiger partial charge in [0.15, 0.2) is 0 Å². The number of carbonyl (C=O) groups is 2. The van der Waals surface area contributed by atoms with Crippen LogP contribution in [0, 0.1) is 10.1 Å². The molecule has 0 fully saturated rings. The highest BCUT2D eigenvalue weighted by molar-refractivity contribution is 7.99. The van der Waals surface area contributed by atoms with Gasteiger partial charge in [0.1, 0.15) is 11.5 Å². The van der Waals surface area contributed by atoms with E-state index in [0.717, 1.165) is 11.8 Å². The van der Waals surface area contributed by atoms with Gasteiger partial charge in [0.05, 0.1) is 16.1 Å². The lowest BCUT2D eigenvalue weighted by molar-refractivity contribution is -0.385. The molecule has 0 bridgehead atoms. The van der Waals surface area contributed by atoms with Crippen molar-refractivity contribution < 1.29 is 24.7 Å². The average Bonchev–Trinajstić information content (AvgIpc) is 2.84. The molecule has 0 spiro atoms. The molecule has 36 heavy (non-hydrogen) atoms. The van der Waals surface area contributed by atoms with Crippen LogP contribution in [0.15, 0.2) is 101 Å². The summed E-state index contributed by atoms with van der Waals surface area (Å²) in [6.45, 7) is 0. The van der Waals surface area contributed by atoms with Gasteiger partial charge >= 0.3 is 0 Å². The zero-order chi connectivity index (χ0) is 25.7. The molecule has 0 aliphatic rings. The van der Waals surface area contributed by atoms with Gasteiger partial charge in [-0.25, -0.2) is 0 Å². The van der Waals surface area contributed by atoms with Crippen LogP contribution in [0.1, 0.15) is 20.7 Å². The Bertz CT molecular complexity index is 1470. The molecule has 4 rings (SSSR count). The molecule has 2 amide bonds. The van der Waals surface area contributed by atoms with E-state index in [9.17, 15) is 29.9 Å². The molecule has 0 heterocycles. The number of benzene rings is 4. The number of hydrogen-bond donors (Lipinski definition) is 4. The smallest absolute Gasteiger partial charge is 0.270 e. The Morgan fingerprint density at radius 2 is 1.25 bits per heavy atom. The molecule has 180 valence electrons. The Morgan fingerprint density at radius 3 is 1.81 bits per heavy atom. The maximum absolute atomic E-state index is 13.0. The Morgan fingerprint density at radius 1 is 0.694 bits per heavy atom. The van der Waals surface area contributed by atoms with Crippen LogP contribution in [0.4, 0.5) is 17.1 Å². The standard InChI is InChI=1S/C26H19N3O6S/c30-19-7-3-5-16(13-19)27-25(32)21-9-1-2-10-23(21)36-24-15-18(29(34)35)11-12-22(24)26(33)28-17-6-4-8-20(31)14-17/h1-15,30-31H,(H,27,32)(H,28,33). The second-order valence-corrected chi connectivity index (χ2v) is 8.63. The van der Waals surface area contributed by atoms with Crippen molar-refractivity contribution in [1.82, 2.24) is 0 Å². The normalized spacial score (nSPS) is 10.4. The lowest BCUT2D eigenvalue weighted by Crippen LogP contribution is -2.14. The van der Waals surface area contributed by atoms with Crippen LogP contribution in [0.25, 0.3) is 0 Å². The van der Waals surface area contributed by atoms with E-state index in [2.05, 4.69) is 10.6 Å². The van der Waals surface area contributed by atoms with Crippen LogP contribution in [-0.2, 0) is 0 Å². The van der Waals surface area contributed by atoms with Crippen molar-refractivity contribution in [2.45, 2.75) is 9.79 Å². The third kappa shape index (κ3) is 5.80. The predicted octanol–water partition coefficient (Wildman–Crippen LogP) is 5.66. The van der Waals surface area contributed by atoms with Gasteiger partial charge in [-0.3, -0.25) is 19.7 Å². The molecule has 0 aliphatic heterocycles. The number of hydrogen-bond acceptors (Lipinski definition) is 7. The molecule has 4 aromatic carbocycles. The fraction of sp³-hybridized carbons (Fsp3) is 0. The minimum atomic E-state index is -0.568. The number of phenolic OH excluding ortho intramolecular Hbond substituents is 2. The van der Waals surface area contributed by atoms with Gasteiger partial charge in [-0.2, -0.15) is 0 Å². The minimum Gasteiger partial charge on any atom is -0.508 e. The molecule has 0 saturated heterocycles. The third-order valence-electron chi connectivity index (χ3n) is 4.98. The Kier molecular flexibility index (Phi) is 7.17. The molecular formula is C26H19N3O6S. The lowest BCUT2D eigenvalue weighted by Gasteiger charge is -2.13. The largest absolute Gasteiger partial charge is 0.508 e. The van der Waals surface area contributed by atoms with Crippen molar-refractivity contribution in [3.8, 4) is 11.5 Å². The molecule has 0 aromatic heterocycles. The summed E-state index contributed by atoms with van der Waals surface area (Å²) >= 11 is 1.03. The minimum absolute atomic E-state index is 0.00514. The maximum Gasteiger partial charge on any atom is 0.270 e. The second-order valence-electron chi connectivity index (χ2n) is 7.54. The number of nitro groups is 1. The van der Waals surface area contributed by atoms with Crippen molar-refractivity contribution in [1.29, 1.82) is 0 Å². The Balaban J connectivity index is 1.66. The van der Waals surface area contributed by atoms with Crippen LogP contribution in [0.2, 0.25) is 0 Å². The van der Waals surface area contributed by atoms with Gasteiger partial charge in [-0.05, 0) is 42.5 Å². The van der Waals surface area contributed by atoms with E-state index in [1.807, 2.05) is 0 Å². The zero-order valence-electron chi connectivity index (χ0n) is 18.5.